The number of halogens is 1. The second-order valence-corrected chi connectivity index (χ2v) is 9.52. The average Bonchev–Trinajstić information content (AvgIpc) is 2.86. The molecule has 1 aromatic carbocycles. The Hall–Kier alpha value is -3.89. The summed E-state index contributed by atoms with van der Waals surface area (Å²) in [6.07, 6.45) is 5.21. The highest BCUT2D eigenvalue weighted by molar-refractivity contribution is 6.01. The number of hydrogen-bond acceptors (Lipinski definition) is 6. The molecule has 0 saturated carbocycles. The van der Waals surface area contributed by atoms with Gasteiger partial charge in [-0.3, -0.25) is 19.2 Å². The Balaban J connectivity index is 1.75. The first-order valence-electron chi connectivity index (χ1n) is 12.5. The van der Waals surface area contributed by atoms with Gasteiger partial charge in [0.1, 0.15) is 23.8 Å². The number of fused-ring (bicyclic) bond motifs is 2. The van der Waals surface area contributed by atoms with Gasteiger partial charge in [-0.15, -0.1) is 0 Å². The maximum Gasteiger partial charge on any atom is 0.278 e. The number of aromatic nitrogens is 1. The number of carbonyl (C=O) groups excluding carboxylic acids is 3. The van der Waals surface area contributed by atoms with Crippen LogP contribution in [0.25, 0.3) is 0 Å². The Kier molecular flexibility index (Phi) is 7.80. The minimum Gasteiger partial charge on any atom is -0.502 e. The van der Waals surface area contributed by atoms with Gasteiger partial charge in [-0.25, -0.2) is 14.1 Å². The molecule has 198 valence electrons. The molecule has 0 atom stereocenters. The maximum absolute atomic E-state index is 13.8. The molecule has 11 heteroatoms. The van der Waals surface area contributed by atoms with Gasteiger partial charge in [0, 0.05) is 36.8 Å². The standard InChI is InChI=1S/C26H31FN4O6/c1-16(2)29-15-31-21(32)8-6-4-3-5-7-11-37-20-12-18(27)10-9-17(20)13-28-25(35)19-14-30(31)22(26(29)36)24(34)23(19)33/h9-10,12,14,16,34H,3-8,11,13,15H2,1-2H3,(H,28,35). The summed E-state index contributed by atoms with van der Waals surface area (Å²) in [6, 6.07) is 3.68. The number of nitrogens with one attached hydrogen (secondary N) is 1. The van der Waals surface area contributed by atoms with Crippen LogP contribution in [0.15, 0.2) is 29.2 Å². The summed E-state index contributed by atoms with van der Waals surface area (Å²) in [5, 5.41) is 14.6. The summed E-state index contributed by atoms with van der Waals surface area (Å²) in [5.74, 6) is -2.82. The molecule has 0 radical (unpaired) electrons. The number of amides is 3. The Morgan fingerprint density at radius 1 is 1.05 bits per heavy atom. The van der Waals surface area contributed by atoms with Crippen LogP contribution < -0.4 is 20.5 Å². The number of aromatic hydroxyl groups is 1. The van der Waals surface area contributed by atoms with Crippen LogP contribution in [0.1, 0.15) is 78.8 Å². The molecule has 1 aromatic heterocycles. The van der Waals surface area contributed by atoms with Gasteiger partial charge < -0.3 is 20.1 Å². The zero-order valence-electron chi connectivity index (χ0n) is 21.0. The summed E-state index contributed by atoms with van der Waals surface area (Å²) in [6.45, 7) is 3.76. The lowest BCUT2D eigenvalue weighted by Gasteiger charge is -2.40. The van der Waals surface area contributed by atoms with Crippen LogP contribution in [-0.2, 0) is 11.3 Å². The lowest BCUT2D eigenvalue weighted by Crippen LogP contribution is -2.58. The molecule has 3 amide bonds. The smallest absolute Gasteiger partial charge is 0.278 e. The van der Waals surface area contributed by atoms with Crippen molar-refractivity contribution in [3.8, 4) is 11.5 Å². The molecule has 2 bridgehead atoms. The van der Waals surface area contributed by atoms with Gasteiger partial charge >= 0.3 is 0 Å². The summed E-state index contributed by atoms with van der Waals surface area (Å²) < 4.78 is 20.7. The SMILES string of the molecule is CC(C)N1CN2C(=O)CCCCCCCOc3cc(F)ccc3CNC(=O)c3cn2c(c(O)c3=O)C1=O. The first-order chi connectivity index (χ1) is 17.7. The van der Waals surface area contributed by atoms with Crippen LogP contribution in [0.3, 0.4) is 0 Å². The topological polar surface area (TPSA) is 121 Å². The second-order valence-electron chi connectivity index (χ2n) is 9.52. The van der Waals surface area contributed by atoms with E-state index in [4.69, 9.17) is 4.74 Å². The minimum absolute atomic E-state index is 0.0703. The van der Waals surface area contributed by atoms with Gasteiger partial charge in [-0.05, 0) is 32.8 Å². The molecule has 0 fully saturated rings. The van der Waals surface area contributed by atoms with Crippen molar-refractivity contribution in [2.24, 2.45) is 0 Å². The Labute approximate surface area is 213 Å². The monoisotopic (exact) mass is 514 g/mol. The first kappa shape index (κ1) is 26.2. The van der Waals surface area contributed by atoms with Crippen molar-refractivity contribution < 1.29 is 28.6 Å². The van der Waals surface area contributed by atoms with Gasteiger partial charge in [-0.1, -0.05) is 25.3 Å². The third kappa shape index (κ3) is 5.45. The zero-order valence-corrected chi connectivity index (χ0v) is 21.0. The Bertz CT molecular complexity index is 1270. The van der Waals surface area contributed by atoms with E-state index in [1.807, 2.05) is 0 Å². The van der Waals surface area contributed by atoms with Gasteiger partial charge in [-0.2, -0.15) is 0 Å². The molecule has 2 aliphatic rings. The van der Waals surface area contributed by atoms with E-state index in [1.165, 1.54) is 28.1 Å². The van der Waals surface area contributed by atoms with Crippen molar-refractivity contribution in [1.82, 2.24) is 14.9 Å². The molecular formula is C26H31FN4O6. The molecular weight excluding hydrogens is 483 g/mol. The molecule has 0 saturated heterocycles. The maximum atomic E-state index is 13.8. The van der Waals surface area contributed by atoms with E-state index in [0.29, 0.717) is 24.3 Å². The lowest BCUT2D eigenvalue weighted by molar-refractivity contribution is -0.121. The van der Waals surface area contributed by atoms with E-state index in [0.717, 1.165) is 36.6 Å². The fraction of sp³-hybridized carbons (Fsp3) is 0.462. The number of pyridine rings is 1. The molecule has 2 aliphatic heterocycles. The highest BCUT2D eigenvalue weighted by Gasteiger charge is 2.37. The molecule has 0 unspecified atom stereocenters. The van der Waals surface area contributed by atoms with E-state index >= 15 is 0 Å². The van der Waals surface area contributed by atoms with E-state index in [-0.39, 0.29) is 37.3 Å². The van der Waals surface area contributed by atoms with E-state index in [1.54, 1.807) is 13.8 Å². The van der Waals surface area contributed by atoms with Crippen LogP contribution >= 0.6 is 0 Å². The van der Waals surface area contributed by atoms with Crippen LogP contribution in [0.5, 0.6) is 11.5 Å². The molecule has 37 heavy (non-hydrogen) atoms. The number of rotatable bonds is 1. The van der Waals surface area contributed by atoms with Crippen LogP contribution in [-0.4, -0.2) is 51.7 Å². The Morgan fingerprint density at radius 2 is 1.78 bits per heavy atom. The number of carbonyl (C=O) groups is 3. The summed E-state index contributed by atoms with van der Waals surface area (Å²) in [5.41, 5.74) is -1.31. The third-order valence-electron chi connectivity index (χ3n) is 6.59. The number of ether oxygens (including phenoxy) is 1. The summed E-state index contributed by atoms with van der Waals surface area (Å²) in [7, 11) is 0. The average molecular weight is 515 g/mol. The quantitative estimate of drug-likeness (QED) is 0.604. The number of benzene rings is 1. The lowest BCUT2D eigenvalue weighted by atomic mass is 10.1. The molecule has 10 nitrogen and oxygen atoms in total. The van der Waals surface area contributed by atoms with Crippen molar-refractivity contribution in [2.45, 2.75) is 65.0 Å². The molecule has 2 aromatic rings. The molecule has 0 aliphatic carbocycles. The van der Waals surface area contributed by atoms with Crippen molar-refractivity contribution in [3.63, 3.8) is 0 Å². The molecule has 2 N–H and O–H groups in total. The predicted molar refractivity (Wildman–Crippen MR) is 133 cm³/mol. The zero-order chi connectivity index (χ0) is 26.7. The Morgan fingerprint density at radius 3 is 2.54 bits per heavy atom. The molecule has 4 rings (SSSR count). The fourth-order valence-corrected chi connectivity index (χ4v) is 4.45. The van der Waals surface area contributed by atoms with Crippen molar-refractivity contribution in [2.75, 3.05) is 18.3 Å². The van der Waals surface area contributed by atoms with Crippen molar-refractivity contribution >= 4 is 17.7 Å². The largest absolute Gasteiger partial charge is 0.502 e. The highest BCUT2D eigenvalue weighted by Crippen LogP contribution is 2.25. The van der Waals surface area contributed by atoms with Crippen LogP contribution in [0, 0.1) is 5.82 Å². The van der Waals surface area contributed by atoms with Crippen molar-refractivity contribution in [3.05, 3.63) is 57.3 Å². The van der Waals surface area contributed by atoms with E-state index in [2.05, 4.69) is 5.32 Å². The molecule has 3 heterocycles. The van der Waals surface area contributed by atoms with E-state index in [9.17, 15) is 28.7 Å². The summed E-state index contributed by atoms with van der Waals surface area (Å²) >= 11 is 0. The second kappa shape index (κ2) is 11.0. The first-order valence-corrected chi connectivity index (χ1v) is 12.5. The summed E-state index contributed by atoms with van der Waals surface area (Å²) in [4.78, 5) is 53.7. The van der Waals surface area contributed by atoms with Crippen molar-refractivity contribution in [1.29, 1.82) is 0 Å². The molecule has 0 spiro atoms. The van der Waals surface area contributed by atoms with Gasteiger partial charge in [0.25, 0.3) is 11.8 Å². The highest BCUT2D eigenvalue weighted by atomic mass is 19.1. The van der Waals surface area contributed by atoms with Crippen LogP contribution in [0.4, 0.5) is 4.39 Å². The number of hydrogen-bond donors (Lipinski definition) is 2. The van der Waals surface area contributed by atoms with Gasteiger partial charge in [0.15, 0.2) is 11.4 Å². The van der Waals surface area contributed by atoms with E-state index < -0.39 is 34.4 Å². The van der Waals surface area contributed by atoms with Gasteiger partial charge in [0.05, 0.1) is 6.61 Å². The van der Waals surface area contributed by atoms with Crippen LogP contribution in [0.2, 0.25) is 0 Å². The fourth-order valence-electron chi connectivity index (χ4n) is 4.45. The number of nitrogens with zero attached hydrogens (tertiary/aromatic N) is 3. The third-order valence-corrected chi connectivity index (χ3v) is 6.59. The normalized spacial score (nSPS) is 17.6. The predicted octanol–water partition coefficient (Wildman–Crippen LogP) is 2.64. The minimum atomic E-state index is -1.03. The van der Waals surface area contributed by atoms with Gasteiger partial charge in [0.2, 0.25) is 11.3 Å².